The molecule has 1 rings (SSSR count). The Morgan fingerprint density at radius 1 is 1.14 bits per heavy atom. The van der Waals surface area contributed by atoms with Crippen molar-refractivity contribution in [3.63, 3.8) is 0 Å². The van der Waals surface area contributed by atoms with E-state index in [1.54, 1.807) is 19.2 Å². The van der Waals surface area contributed by atoms with Crippen LogP contribution in [0.1, 0.15) is 25.0 Å². The molecule has 0 radical (unpaired) electrons. The molecule has 0 heterocycles. The molecule has 0 amide bonds. The first-order chi connectivity index (χ1) is 10.3. The summed E-state index contributed by atoms with van der Waals surface area (Å²) in [5.41, 5.74) is 0.581. The maximum atomic E-state index is 13.8. The Kier molecular flexibility index (Phi) is 9.99. The van der Waals surface area contributed by atoms with Crippen molar-refractivity contribution in [3.05, 3.63) is 35.6 Å². The molecule has 1 aromatic carbocycles. The second-order valence-electron chi connectivity index (χ2n) is 4.65. The van der Waals surface area contributed by atoms with Gasteiger partial charge in [0, 0.05) is 32.4 Å². The molecule has 0 bridgehead atoms. The summed E-state index contributed by atoms with van der Waals surface area (Å²) in [5, 5.41) is 3.19. The van der Waals surface area contributed by atoms with Crippen molar-refractivity contribution < 1.29 is 18.6 Å². The van der Waals surface area contributed by atoms with E-state index in [0.717, 1.165) is 13.0 Å². The number of halogens is 1. The topological polar surface area (TPSA) is 39.7 Å². The van der Waals surface area contributed by atoms with Crippen LogP contribution in [0.5, 0.6) is 0 Å². The highest BCUT2D eigenvalue weighted by atomic mass is 19.1. The smallest absolute Gasteiger partial charge is 0.129 e. The molecule has 1 aromatic rings. The van der Waals surface area contributed by atoms with Gasteiger partial charge in [0.2, 0.25) is 0 Å². The van der Waals surface area contributed by atoms with Crippen LogP contribution in [0.4, 0.5) is 4.39 Å². The van der Waals surface area contributed by atoms with Crippen molar-refractivity contribution in [1.29, 1.82) is 0 Å². The Hall–Kier alpha value is -1.01. The van der Waals surface area contributed by atoms with Crippen LogP contribution < -0.4 is 5.32 Å². The zero-order chi connectivity index (χ0) is 15.3. The number of benzene rings is 1. The molecule has 0 aromatic heterocycles. The largest absolute Gasteiger partial charge is 0.385 e. The molecule has 0 aliphatic carbocycles. The molecular formula is C16H26FNO3. The van der Waals surface area contributed by atoms with Crippen molar-refractivity contribution in [2.24, 2.45) is 0 Å². The summed E-state index contributed by atoms with van der Waals surface area (Å²) in [6, 6.07) is 6.72. The van der Waals surface area contributed by atoms with E-state index in [0.29, 0.717) is 38.5 Å². The van der Waals surface area contributed by atoms with Crippen LogP contribution in [0.3, 0.4) is 0 Å². The molecule has 0 spiro atoms. The Bertz CT molecular complexity index is 376. The van der Waals surface area contributed by atoms with Gasteiger partial charge in [0.05, 0.1) is 19.3 Å². The fraction of sp³-hybridized carbons (Fsp3) is 0.625. The number of hydrogen-bond donors (Lipinski definition) is 1. The number of likely N-dealkylation sites (N-methyl/N-ethyl adjacent to an activating group) is 1. The molecular weight excluding hydrogens is 273 g/mol. The van der Waals surface area contributed by atoms with E-state index in [9.17, 15) is 4.39 Å². The number of rotatable bonds is 12. The van der Waals surface area contributed by atoms with Gasteiger partial charge in [-0.15, -0.1) is 0 Å². The minimum Gasteiger partial charge on any atom is -0.385 e. The highest BCUT2D eigenvalue weighted by Crippen LogP contribution is 2.19. The van der Waals surface area contributed by atoms with E-state index in [-0.39, 0.29) is 11.9 Å². The van der Waals surface area contributed by atoms with Crippen LogP contribution >= 0.6 is 0 Å². The molecule has 0 saturated carbocycles. The van der Waals surface area contributed by atoms with Crippen molar-refractivity contribution in [2.75, 3.05) is 46.6 Å². The molecule has 1 N–H and O–H groups in total. The standard InChI is InChI=1S/C16H26FNO3/c1-3-18-13-16(14-7-4-5-8-15(14)17)21-12-11-20-10-6-9-19-2/h4-5,7-8,16,18H,3,6,9-13H2,1-2H3. The van der Waals surface area contributed by atoms with Gasteiger partial charge in [-0.2, -0.15) is 0 Å². The lowest BCUT2D eigenvalue weighted by atomic mass is 10.1. The Labute approximate surface area is 126 Å². The number of hydrogen-bond acceptors (Lipinski definition) is 4. The lowest BCUT2D eigenvalue weighted by Gasteiger charge is -2.19. The molecule has 5 heteroatoms. The average Bonchev–Trinajstić information content (AvgIpc) is 2.50. The molecule has 21 heavy (non-hydrogen) atoms. The lowest BCUT2D eigenvalue weighted by molar-refractivity contribution is -0.000318. The molecule has 4 nitrogen and oxygen atoms in total. The third kappa shape index (κ3) is 7.52. The summed E-state index contributed by atoms with van der Waals surface area (Å²) in [5.74, 6) is -0.235. The van der Waals surface area contributed by atoms with E-state index in [2.05, 4.69) is 5.32 Å². The molecule has 0 saturated heterocycles. The number of methoxy groups -OCH3 is 1. The summed E-state index contributed by atoms with van der Waals surface area (Å²) >= 11 is 0. The summed E-state index contributed by atoms with van der Waals surface area (Å²) in [6.07, 6.45) is 0.568. The van der Waals surface area contributed by atoms with Crippen LogP contribution in [0, 0.1) is 5.82 Å². The van der Waals surface area contributed by atoms with Crippen LogP contribution in [-0.4, -0.2) is 46.6 Å². The van der Waals surface area contributed by atoms with Gasteiger partial charge in [0.25, 0.3) is 0 Å². The zero-order valence-corrected chi connectivity index (χ0v) is 12.9. The van der Waals surface area contributed by atoms with Crippen LogP contribution in [-0.2, 0) is 14.2 Å². The van der Waals surface area contributed by atoms with E-state index >= 15 is 0 Å². The Morgan fingerprint density at radius 2 is 1.95 bits per heavy atom. The Balaban J connectivity index is 2.35. The fourth-order valence-electron chi connectivity index (χ4n) is 1.93. The van der Waals surface area contributed by atoms with Crippen molar-refractivity contribution >= 4 is 0 Å². The van der Waals surface area contributed by atoms with Gasteiger partial charge in [0.15, 0.2) is 0 Å². The van der Waals surface area contributed by atoms with Gasteiger partial charge in [-0.05, 0) is 19.0 Å². The molecule has 1 unspecified atom stereocenters. The Morgan fingerprint density at radius 3 is 2.67 bits per heavy atom. The third-order valence-electron chi connectivity index (χ3n) is 3.02. The SMILES string of the molecule is CCNCC(OCCOCCCOC)c1ccccc1F. The summed E-state index contributed by atoms with van der Waals surface area (Å²) < 4.78 is 30.0. The molecule has 0 aliphatic heterocycles. The summed E-state index contributed by atoms with van der Waals surface area (Å²) in [7, 11) is 1.67. The first-order valence-corrected chi connectivity index (χ1v) is 7.43. The fourth-order valence-corrected chi connectivity index (χ4v) is 1.93. The lowest BCUT2D eigenvalue weighted by Crippen LogP contribution is -2.25. The predicted octanol–water partition coefficient (Wildman–Crippen LogP) is 2.55. The summed E-state index contributed by atoms with van der Waals surface area (Å²) in [6.45, 7) is 5.70. The van der Waals surface area contributed by atoms with E-state index in [1.165, 1.54) is 6.07 Å². The third-order valence-corrected chi connectivity index (χ3v) is 3.02. The van der Waals surface area contributed by atoms with Gasteiger partial charge in [0.1, 0.15) is 5.82 Å². The first-order valence-electron chi connectivity index (χ1n) is 7.43. The highest BCUT2D eigenvalue weighted by molar-refractivity contribution is 5.20. The van der Waals surface area contributed by atoms with Crippen molar-refractivity contribution in [3.8, 4) is 0 Å². The van der Waals surface area contributed by atoms with E-state index in [1.807, 2.05) is 13.0 Å². The molecule has 0 fully saturated rings. The van der Waals surface area contributed by atoms with E-state index in [4.69, 9.17) is 14.2 Å². The highest BCUT2D eigenvalue weighted by Gasteiger charge is 2.15. The number of nitrogens with one attached hydrogen (secondary N) is 1. The minimum atomic E-state index is -0.297. The zero-order valence-electron chi connectivity index (χ0n) is 12.9. The number of ether oxygens (including phenoxy) is 3. The van der Waals surface area contributed by atoms with Crippen LogP contribution in [0.25, 0.3) is 0 Å². The predicted molar refractivity (Wildman–Crippen MR) is 80.9 cm³/mol. The second-order valence-corrected chi connectivity index (χ2v) is 4.65. The van der Waals surface area contributed by atoms with Crippen molar-refractivity contribution in [1.82, 2.24) is 5.32 Å². The van der Waals surface area contributed by atoms with Gasteiger partial charge >= 0.3 is 0 Å². The van der Waals surface area contributed by atoms with Crippen molar-refractivity contribution in [2.45, 2.75) is 19.4 Å². The first kappa shape index (κ1) is 18.0. The molecule has 1 atom stereocenters. The molecule has 120 valence electrons. The maximum absolute atomic E-state index is 13.8. The average molecular weight is 299 g/mol. The summed E-state index contributed by atoms with van der Waals surface area (Å²) in [4.78, 5) is 0. The van der Waals surface area contributed by atoms with Gasteiger partial charge in [-0.3, -0.25) is 0 Å². The van der Waals surface area contributed by atoms with E-state index < -0.39 is 0 Å². The van der Waals surface area contributed by atoms with Gasteiger partial charge in [-0.1, -0.05) is 25.1 Å². The van der Waals surface area contributed by atoms with Gasteiger partial charge < -0.3 is 19.5 Å². The monoisotopic (exact) mass is 299 g/mol. The van der Waals surface area contributed by atoms with Crippen LogP contribution in [0.15, 0.2) is 24.3 Å². The minimum absolute atomic E-state index is 0.235. The maximum Gasteiger partial charge on any atom is 0.129 e. The quantitative estimate of drug-likeness (QED) is 0.602. The van der Waals surface area contributed by atoms with Gasteiger partial charge in [-0.25, -0.2) is 4.39 Å². The normalized spacial score (nSPS) is 12.5. The molecule has 0 aliphatic rings. The van der Waals surface area contributed by atoms with Crippen LogP contribution in [0.2, 0.25) is 0 Å². The second kappa shape index (κ2) is 11.6.